The molecule has 0 aliphatic carbocycles. The monoisotopic (exact) mass is 367 g/mol. The van der Waals surface area contributed by atoms with Crippen LogP contribution >= 0.6 is 27.3 Å². The lowest BCUT2D eigenvalue weighted by atomic mass is 10.0. The normalized spacial score (nSPS) is 13.0. The number of rotatable bonds is 4. The summed E-state index contributed by atoms with van der Waals surface area (Å²) in [5.41, 5.74) is 1.73. The van der Waals surface area contributed by atoms with Gasteiger partial charge in [-0.2, -0.15) is 0 Å². The first-order chi connectivity index (χ1) is 10.1. The smallest absolute Gasteiger partial charge is 0.134 e. The molecular formula is C16H15BrFNOS. The molecule has 5 heteroatoms. The maximum absolute atomic E-state index is 13.4. The molecule has 1 unspecified atom stereocenters. The summed E-state index contributed by atoms with van der Waals surface area (Å²) in [5.74, 6) is 0.642. The molecule has 1 aromatic carbocycles. The highest BCUT2D eigenvalue weighted by Crippen LogP contribution is 2.33. The number of halogens is 2. The fourth-order valence-corrected chi connectivity index (χ4v) is 4.06. The molecule has 110 valence electrons. The van der Waals surface area contributed by atoms with E-state index >= 15 is 0 Å². The van der Waals surface area contributed by atoms with Crippen molar-refractivity contribution in [2.24, 2.45) is 0 Å². The van der Waals surface area contributed by atoms with Crippen LogP contribution in [0.1, 0.15) is 22.2 Å². The van der Waals surface area contributed by atoms with E-state index in [0.717, 1.165) is 32.5 Å². The van der Waals surface area contributed by atoms with Crippen LogP contribution in [0.25, 0.3) is 11.0 Å². The lowest BCUT2D eigenvalue weighted by molar-refractivity contribution is 0.449. The molecule has 0 aliphatic rings. The highest BCUT2D eigenvalue weighted by atomic mass is 79.9. The van der Waals surface area contributed by atoms with E-state index < -0.39 is 0 Å². The lowest BCUT2D eigenvalue weighted by Gasteiger charge is -2.13. The third-order valence-corrected chi connectivity index (χ3v) is 5.28. The second kappa shape index (κ2) is 5.91. The third-order valence-electron chi connectivity index (χ3n) is 3.63. The van der Waals surface area contributed by atoms with Gasteiger partial charge in [0.2, 0.25) is 0 Å². The van der Waals surface area contributed by atoms with Crippen LogP contribution in [-0.2, 0) is 6.42 Å². The average Bonchev–Trinajstić information content (AvgIpc) is 3.01. The van der Waals surface area contributed by atoms with Crippen molar-refractivity contribution in [1.29, 1.82) is 0 Å². The average molecular weight is 368 g/mol. The van der Waals surface area contributed by atoms with Crippen LogP contribution in [0.15, 0.2) is 38.5 Å². The van der Waals surface area contributed by atoms with Gasteiger partial charge in [0.25, 0.3) is 0 Å². The molecule has 0 bridgehead atoms. The van der Waals surface area contributed by atoms with Gasteiger partial charge in [0.1, 0.15) is 17.2 Å². The summed E-state index contributed by atoms with van der Waals surface area (Å²) in [4.78, 5) is 1.27. The van der Waals surface area contributed by atoms with E-state index in [-0.39, 0.29) is 11.9 Å². The van der Waals surface area contributed by atoms with E-state index in [1.165, 1.54) is 17.0 Å². The maximum Gasteiger partial charge on any atom is 0.134 e. The number of furan rings is 1. The zero-order valence-corrected chi connectivity index (χ0v) is 14.1. The van der Waals surface area contributed by atoms with Crippen molar-refractivity contribution in [3.8, 4) is 0 Å². The zero-order valence-electron chi connectivity index (χ0n) is 11.7. The summed E-state index contributed by atoms with van der Waals surface area (Å²) in [6, 6.07) is 8.89. The summed E-state index contributed by atoms with van der Waals surface area (Å²) >= 11 is 5.20. The van der Waals surface area contributed by atoms with E-state index in [4.69, 9.17) is 4.42 Å². The molecule has 1 N–H and O–H groups in total. The molecule has 0 saturated carbocycles. The SMILES string of the molecule is CNC(Cc1ccc(Br)s1)c1oc2ccc(F)cc2c1C. The second-order valence-electron chi connectivity index (χ2n) is 4.98. The van der Waals surface area contributed by atoms with Crippen molar-refractivity contribution in [1.82, 2.24) is 5.32 Å². The summed E-state index contributed by atoms with van der Waals surface area (Å²) in [6.45, 7) is 1.98. The topological polar surface area (TPSA) is 25.2 Å². The molecule has 2 aromatic heterocycles. The fourth-order valence-electron chi connectivity index (χ4n) is 2.53. The minimum atomic E-state index is -0.235. The largest absolute Gasteiger partial charge is 0.459 e. The molecule has 2 heterocycles. The van der Waals surface area contributed by atoms with E-state index in [2.05, 4.69) is 27.3 Å². The molecule has 0 spiro atoms. The van der Waals surface area contributed by atoms with Crippen molar-refractivity contribution in [2.45, 2.75) is 19.4 Å². The Labute approximate surface area is 135 Å². The minimum Gasteiger partial charge on any atom is -0.459 e. The molecule has 3 rings (SSSR count). The summed E-state index contributed by atoms with van der Waals surface area (Å²) in [7, 11) is 1.92. The first-order valence-corrected chi connectivity index (χ1v) is 8.29. The van der Waals surface area contributed by atoms with Gasteiger partial charge in [-0.05, 0) is 60.2 Å². The van der Waals surface area contributed by atoms with Crippen LogP contribution in [0.5, 0.6) is 0 Å². The van der Waals surface area contributed by atoms with Crippen LogP contribution in [0.4, 0.5) is 4.39 Å². The molecule has 0 aliphatic heterocycles. The van der Waals surface area contributed by atoms with Crippen LogP contribution in [0.2, 0.25) is 0 Å². The van der Waals surface area contributed by atoms with Crippen molar-refractivity contribution in [2.75, 3.05) is 7.05 Å². The van der Waals surface area contributed by atoms with Crippen molar-refractivity contribution in [3.63, 3.8) is 0 Å². The number of hydrogen-bond donors (Lipinski definition) is 1. The Morgan fingerprint density at radius 1 is 1.33 bits per heavy atom. The quantitative estimate of drug-likeness (QED) is 0.684. The highest BCUT2D eigenvalue weighted by molar-refractivity contribution is 9.11. The molecule has 0 fully saturated rings. The van der Waals surface area contributed by atoms with E-state index in [9.17, 15) is 4.39 Å². The first-order valence-electron chi connectivity index (χ1n) is 6.68. The molecule has 0 amide bonds. The second-order valence-corrected chi connectivity index (χ2v) is 7.53. The molecule has 2 nitrogen and oxygen atoms in total. The van der Waals surface area contributed by atoms with Gasteiger partial charge in [-0.3, -0.25) is 0 Å². The predicted octanol–water partition coefficient (Wildman–Crippen LogP) is 5.21. The molecule has 0 radical (unpaired) electrons. The minimum absolute atomic E-state index is 0.0750. The van der Waals surface area contributed by atoms with Gasteiger partial charge in [-0.25, -0.2) is 4.39 Å². The number of benzene rings is 1. The number of likely N-dealkylation sites (N-methyl/N-ethyl adjacent to an activating group) is 1. The van der Waals surface area contributed by atoms with Crippen LogP contribution in [0.3, 0.4) is 0 Å². The molecule has 3 aromatic rings. The molecule has 0 saturated heterocycles. The lowest BCUT2D eigenvalue weighted by Crippen LogP contribution is -2.18. The Morgan fingerprint density at radius 2 is 2.14 bits per heavy atom. The van der Waals surface area contributed by atoms with Gasteiger partial charge in [-0.1, -0.05) is 0 Å². The number of thiophene rings is 1. The van der Waals surface area contributed by atoms with Crippen LogP contribution in [-0.4, -0.2) is 7.05 Å². The van der Waals surface area contributed by atoms with Crippen molar-refractivity contribution < 1.29 is 8.81 Å². The van der Waals surface area contributed by atoms with Crippen molar-refractivity contribution >= 4 is 38.2 Å². The third kappa shape index (κ3) is 2.91. The van der Waals surface area contributed by atoms with Gasteiger partial charge in [0.15, 0.2) is 0 Å². The van der Waals surface area contributed by atoms with Gasteiger partial charge in [0.05, 0.1) is 9.83 Å². The molecular weight excluding hydrogens is 353 g/mol. The van der Waals surface area contributed by atoms with Crippen molar-refractivity contribution in [3.05, 3.63) is 56.1 Å². The number of nitrogens with one attached hydrogen (secondary N) is 1. The van der Waals surface area contributed by atoms with E-state index in [1.54, 1.807) is 17.4 Å². The van der Waals surface area contributed by atoms with Gasteiger partial charge >= 0.3 is 0 Å². The molecule has 1 atom stereocenters. The number of aryl methyl sites for hydroxylation is 1. The van der Waals surface area contributed by atoms with E-state index in [1.807, 2.05) is 20.0 Å². The number of hydrogen-bond acceptors (Lipinski definition) is 3. The molecule has 21 heavy (non-hydrogen) atoms. The van der Waals surface area contributed by atoms with Gasteiger partial charge < -0.3 is 9.73 Å². The van der Waals surface area contributed by atoms with E-state index in [0.29, 0.717) is 0 Å². The maximum atomic E-state index is 13.4. The van der Waals surface area contributed by atoms with Gasteiger partial charge in [-0.15, -0.1) is 11.3 Å². The Kier molecular flexibility index (Phi) is 4.15. The standard InChI is InChI=1S/C16H15BrFNOS/c1-9-12-7-10(18)3-5-14(12)20-16(9)13(19-2)8-11-4-6-15(17)21-11/h3-7,13,19H,8H2,1-2H3. The summed E-state index contributed by atoms with van der Waals surface area (Å²) in [5, 5.41) is 4.14. The Bertz CT molecular complexity index is 780. The predicted molar refractivity (Wildman–Crippen MR) is 88.4 cm³/mol. The van der Waals surface area contributed by atoms with Crippen LogP contribution < -0.4 is 5.32 Å². The zero-order chi connectivity index (χ0) is 15.0. The first kappa shape index (κ1) is 14.8. The Hall–Kier alpha value is -1.17. The summed E-state index contributed by atoms with van der Waals surface area (Å²) in [6.07, 6.45) is 0.843. The highest BCUT2D eigenvalue weighted by Gasteiger charge is 2.20. The number of fused-ring (bicyclic) bond motifs is 1. The Morgan fingerprint density at radius 3 is 2.81 bits per heavy atom. The Balaban J connectivity index is 1.98. The van der Waals surface area contributed by atoms with Gasteiger partial charge in [0, 0.05) is 22.2 Å². The fraction of sp³-hybridized carbons (Fsp3) is 0.250. The van der Waals surface area contributed by atoms with Crippen LogP contribution in [0, 0.1) is 12.7 Å². The summed E-state index contributed by atoms with van der Waals surface area (Å²) < 4.78 is 20.5.